The number of rotatable bonds is 8. The summed E-state index contributed by atoms with van der Waals surface area (Å²) < 4.78 is 11.5. The van der Waals surface area contributed by atoms with Crippen LogP contribution in [0.3, 0.4) is 0 Å². The maximum absolute atomic E-state index is 13.4. The summed E-state index contributed by atoms with van der Waals surface area (Å²) in [4.78, 5) is 26.6. The number of allylic oxidation sites excluding steroid dienone is 3. The van der Waals surface area contributed by atoms with Crippen LogP contribution in [0.4, 0.5) is 0 Å². The Morgan fingerprint density at radius 2 is 1.97 bits per heavy atom. The molecule has 0 spiro atoms. The van der Waals surface area contributed by atoms with Crippen molar-refractivity contribution in [1.82, 2.24) is 5.32 Å². The molecule has 1 aromatic carbocycles. The quantitative estimate of drug-likeness (QED) is 0.451. The third-order valence-electron chi connectivity index (χ3n) is 5.65. The van der Waals surface area contributed by atoms with Gasteiger partial charge in [-0.3, -0.25) is 4.79 Å². The summed E-state index contributed by atoms with van der Waals surface area (Å²) in [5, 5.41) is 3.38. The predicted octanol–water partition coefficient (Wildman–Crippen LogP) is 4.99. The molecule has 6 heteroatoms. The fourth-order valence-corrected chi connectivity index (χ4v) is 4.93. The summed E-state index contributed by atoms with van der Waals surface area (Å²) >= 11 is 1.73. The number of dihydropyridines is 1. The second kappa shape index (κ2) is 9.94. The largest absolute Gasteiger partial charge is 0.494 e. The zero-order chi connectivity index (χ0) is 22.6. The van der Waals surface area contributed by atoms with E-state index in [0.717, 1.165) is 34.9 Å². The smallest absolute Gasteiger partial charge is 0.336 e. The first-order valence-electron chi connectivity index (χ1n) is 11.0. The van der Waals surface area contributed by atoms with Gasteiger partial charge in [-0.1, -0.05) is 39.0 Å². The van der Waals surface area contributed by atoms with Crippen LogP contribution < -0.4 is 10.1 Å². The van der Waals surface area contributed by atoms with Gasteiger partial charge < -0.3 is 14.8 Å². The van der Waals surface area contributed by atoms with Crippen LogP contribution in [-0.4, -0.2) is 36.5 Å². The van der Waals surface area contributed by atoms with Gasteiger partial charge in [0.15, 0.2) is 5.78 Å². The Hall–Kier alpha value is -2.21. The minimum absolute atomic E-state index is 0.0781. The summed E-state index contributed by atoms with van der Waals surface area (Å²) in [6.07, 6.45) is 1.21. The molecule has 0 amide bonds. The van der Waals surface area contributed by atoms with Gasteiger partial charge in [0.25, 0.3) is 0 Å². The van der Waals surface area contributed by atoms with Crippen LogP contribution in [0.1, 0.15) is 58.9 Å². The summed E-state index contributed by atoms with van der Waals surface area (Å²) in [7, 11) is 0. The van der Waals surface area contributed by atoms with Crippen LogP contribution in [0.5, 0.6) is 5.75 Å². The average Bonchev–Trinajstić information content (AvgIpc) is 2.70. The lowest BCUT2D eigenvalue weighted by atomic mass is 9.68. The number of nitrogens with one attached hydrogen (secondary N) is 1. The third kappa shape index (κ3) is 5.17. The van der Waals surface area contributed by atoms with Crippen LogP contribution in [0.25, 0.3) is 0 Å². The maximum Gasteiger partial charge on any atom is 0.336 e. The number of hydrogen-bond donors (Lipinski definition) is 1. The zero-order valence-corrected chi connectivity index (χ0v) is 20.0. The highest BCUT2D eigenvalue weighted by Crippen LogP contribution is 2.48. The zero-order valence-electron chi connectivity index (χ0n) is 19.2. The van der Waals surface area contributed by atoms with E-state index in [1.165, 1.54) is 0 Å². The Kier molecular flexibility index (Phi) is 7.52. The Balaban J connectivity index is 2.08. The maximum atomic E-state index is 13.4. The highest BCUT2D eigenvalue weighted by Gasteiger charge is 2.43. The van der Waals surface area contributed by atoms with Crippen LogP contribution in [0.15, 0.2) is 46.8 Å². The van der Waals surface area contributed by atoms with E-state index >= 15 is 0 Å². The summed E-state index contributed by atoms with van der Waals surface area (Å²) in [6.45, 7) is 11.0. The molecule has 2 aliphatic rings. The number of thioether (sulfide) groups is 1. The van der Waals surface area contributed by atoms with Crippen molar-refractivity contribution in [2.24, 2.45) is 5.41 Å². The number of carbonyl (C=O) groups excluding carboxylic acids is 2. The lowest BCUT2D eigenvalue weighted by Crippen LogP contribution is -2.38. The molecule has 0 saturated heterocycles. The molecule has 1 aliphatic carbocycles. The number of benzene rings is 1. The van der Waals surface area contributed by atoms with Crippen molar-refractivity contribution in [3.8, 4) is 5.75 Å². The number of esters is 1. The molecular formula is C25H33NO4S. The number of ether oxygens (including phenoxy) is 2. The van der Waals surface area contributed by atoms with Gasteiger partial charge in [-0.25, -0.2) is 4.79 Å². The summed E-state index contributed by atoms with van der Waals surface area (Å²) in [5.41, 5.74) is 3.54. The van der Waals surface area contributed by atoms with Gasteiger partial charge in [-0.15, -0.1) is 0 Å². The molecule has 1 aliphatic heterocycles. The molecule has 0 saturated carbocycles. The predicted molar refractivity (Wildman–Crippen MR) is 125 cm³/mol. The van der Waals surface area contributed by atoms with Crippen LogP contribution in [-0.2, 0) is 14.3 Å². The van der Waals surface area contributed by atoms with Crippen molar-refractivity contribution >= 4 is 23.5 Å². The standard InChI is InChI=1S/C25H33NO4S/c1-6-29-20-11-9-8-10-17(20)22-21(24(28)30-12-13-31-7-2)16(3)26-18-14-25(4,5)15-19(27)23(18)22/h8-11,22,26H,6-7,12-15H2,1-5H3. The van der Waals surface area contributed by atoms with Gasteiger partial charge >= 0.3 is 5.97 Å². The van der Waals surface area contributed by atoms with E-state index in [9.17, 15) is 9.59 Å². The number of hydrogen-bond acceptors (Lipinski definition) is 6. The molecule has 3 rings (SSSR count). The van der Waals surface area contributed by atoms with Crippen LogP contribution in [0.2, 0.25) is 0 Å². The van der Waals surface area contributed by atoms with E-state index in [1.54, 1.807) is 11.8 Å². The lowest BCUT2D eigenvalue weighted by Gasteiger charge is -2.39. The molecule has 1 atom stereocenters. The summed E-state index contributed by atoms with van der Waals surface area (Å²) in [6, 6.07) is 7.68. The Bertz CT molecular complexity index is 916. The lowest BCUT2D eigenvalue weighted by molar-refractivity contribution is -0.138. The molecule has 1 N–H and O–H groups in total. The van der Waals surface area contributed by atoms with Crippen molar-refractivity contribution in [3.05, 3.63) is 52.4 Å². The van der Waals surface area contributed by atoms with E-state index in [2.05, 4.69) is 26.1 Å². The number of Topliss-reactive ketones (excluding diaryl/α,β-unsaturated/α-hetero) is 1. The van der Waals surface area contributed by atoms with Gasteiger partial charge in [-0.2, -0.15) is 11.8 Å². The molecule has 168 valence electrons. The molecular weight excluding hydrogens is 410 g/mol. The molecule has 31 heavy (non-hydrogen) atoms. The van der Waals surface area contributed by atoms with Gasteiger partial charge in [0.1, 0.15) is 12.4 Å². The van der Waals surface area contributed by atoms with Crippen LogP contribution >= 0.6 is 11.8 Å². The third-order valence-corrected chi connectivity index (χ3v) is 6.52. The SMILES string of the molecule is CCOc1ccccc1C1C(C(=O)OCCSCC)=C(C)NC2=C1C(=O)CC(C)(C)C2. The van der Waals surface area contributed by atoms with E-state index < -0.39 is 5.92 Å². The van der Waals surface area contributed by atoms with E-state index in [0.29, 0.717) is 36.5 Å². The molecule has 5 nitrogen and oxygen atoms in total. The Morgan fingerprint density at radius 1 is 1.23 bits per heavy atom. The van der Waals surface area contributed by atoms with Gasteiger partial charge in [0.2, 0.25) is 0 Å². The molecule has 0 bridgehead atoms. The summed E-state index contributed by atoms with van der Waals surface area (Å²) in [5.74, 6) is 1.64. The topological polar surface area (TPSA) is 64.6 Å². The number of carbonyl (C=O) groups is 2. The van der Waals surface area contributed by atoms with Crippen molar-refractivity contribution < 1.29 is 19.1 Å². The first-order valence-corrected chi connectivity index (χ1v) is 12.1. The Morgan fingerprint density at radius 3 is 2.68 bits per heavy atom. The van der Waals surface area contributed by atoms with Crippen molar-refractivity contribution in [2.45, 2.75) is 53.4 Å². The molecule has 1 aromatic rings. The molecule has 1 unspecified atom stereocenters. The number of ketones is 1. The fourth-order valence-electron chi connectivity index (χ4n) is 4.44. The van der Waals surface area contributed by atoms with Gasteiger partial charge in [-0.05, 0) is 37.5 Å². The highest BCUT2D eigenvalue weighted by atomic mass is 32.2. The number of para-hydroxylation sites is 1. The second-order valence-electron chi connectivity index (χ2n) is 8.73. The van der Waals surface area contributed by atoms with Gasteiger partial charge in [0, 0.05) is 34.7 Å². The fraction of sp³-hybridized carbons (Fsp3) is 0.520. The minimum atomic E-state index is -0.492. The van der Waals surface area contributed by atoms with E-state index in [4.69, 9.17) is 9.47 Å². The van der Waals surface area contributed by atoms with E-state index in [-0.39, 0.29) is 17.2 Å². The van der Waals surface area contributed by atoms with Gasteiger partial charge in [0.05, 0.1) is 18.1 Å². The first kappa shape index (κ1) is 23.5. The first-order chi connectivity index (χ1) is 14.8. The molecule has 1 heterocycles. The monoisotopic (exact) mass is 443 g/mol. The van der Waals surface area contributed by atoms with E-state index in [1.807, 2.05) is 38.1 Å². The van der Waals surface area contributed by atoms with Crippen molar-refractivity contribution in [1.29, 1.82) is 0 Å². The average molecular weight is 444 g/mol. The van der Waals surface area contributed by atoms with Crippen LogP contribution in [0, 0.1) is 5.41 Å². The Labute approximate surface area is 189 Å². The molecule has 0 fully saturated rings. The second-order valence-corrected chi connectivity index (χ2v) is 10.1. The molecule has 0 radical (unpaired) electrons. The normalized spacial score (nSPS) is 20.3. The van der Waals surface area contributed by atoms with Crippen molar-refractivity contribution in [2.75, 3.05) is 24.7 Å². The molecule has 0 aromatic heterocycles. The van der Waals surface area contributed by atoms with Crippen molar-refractivity contribution in [3.63, 3.8) is 0 Å². The minimum Gasteiger partial charge on any atom is -0.494 e. The highest BCUT2D eigenvalue weighted by molar-refractivity contribution is 7.99.